The molecule has 0 fully saturated rings. The molecule has 2 nitrogen and oxygen atoms in total. The number of rotatable bonds is 15. The van der Waals surface area contributed by atoms with Gasteiger partial charge in [-0.25, -0.2) is 0 Å². The van der Waals surface area contributed by atoms with Crippen LogP contribution >= 0.6 is 0 Å². The summed E-state index contributed by atoms with van der Waals surface area (Å²) in [6.45, 7) is 6.66. The maximum atomic E-state index is 10.2. The van der Waals surface area contributed by atoms with Gasteiger partial charge in [0, 0.05) is 13.1 Å². The topological polar surface area (TPSA) is 23.5 Å². The molecule has 24 heavy (non-hydrogen) atoms. The van der Waals surface area contributed by atoms with E-state index < -0.39 is 0 Å². The Morgan fingerprint density at radius 1 is 0.667 bits per heavy atom. The molecule has 1 aromatic rings. The number of para-hydroxylation sites is 2. The molecule has 0 atom stereocenters. The van der Waals surface area contributed by atoms with Crippen molar-refractivity contribution in [2.75, 3.05) is 18.0 Å². The van der Waals surface area contributed by atoms with Crippen LogP contribution in [0.5, 0.6) is 5.75 Å². The van der Waals surface area contributed by atoms with Crippen molar-refractivity contribution in [3.05, 3.63) is 24.3 Å². The van der Waals surface area contributed by atoms with E-state index in [1.165, 1.54) is 77.0 Å². The first-order valence-electron chi connectivity index (χ1n) is 10.3. The molecule has 138 valence electrons. The van der Waals surface area contributed by atoms with Crippen molar-refractivity contribution in [3.8, 4) is 5.75 Å². The Bertz CT molecular complexity index is 389. The molecular formula is C22H39NO. The van der Waals surface area contributed by atoms with Gasteiger partial charge >= 0.3 is 0 Å². The van der Waals surface area contributed by atoms with E-state index in [1.54, 1.807) is 0 Å². The van der Waals surface area contributed by atoms with Crippen molar-refractivity contribution in [3.63, 3.8) is 0 Å². The number of anilines is 1. The Morgan fingerprint density at radius 3 is 1.62 bits per heavy atom. The number of aromatic hydroxyl groups is 1. The van der Waals surface area contributed by atoms with Crippen LogP contribution in [0.25, 0.3) is 0 Å². The minimum atomic E-state index is 0.425. The number of benzene rings is 1. The first-order valence-corrected chi connectivity index (χ1v) is 10.3. The van der Waals surface area contributed by atoms with E-state index in [2.05, 4.69) is 24.8 Å². The molecule has 0 aliphatic heterocycles. The van der Waals surface area contributed by atoms with Gasteiger partial charge in [-0.2, -0.15) is 0 Å². The Kier molecular flexibility index (Phi) is 12.3. The van der Waals surface area contributed by atoms with E-state index >= 15 is 0 Å². The molecule has 0 radical (unpaired) electrons. The summed E-state index contributed by atoms with van der Waals surface area (Å²) in [4.78, 5) is 2.40. The molecule has 0 bridgehead atoms. The fourth-order valence-electron chi connectivity index (χ4n) is 3.25. The molecule has 1 rings (SSSR count). The Hall–Kier alpha value is -1.18. The second-order valence-corrected chi connectivity index (χ2v) is 7.01. The van der Waals surface area contributed by atoms with Gasteiger partial charge in [-0.3, -0.25) is 0 Å². The minimum absolute atomic E-state index is 0.425. The molecule has 1 aromatic carbocycles. The van der Waals surface area contributed by atoms with Crippen LogP contribution < -0.4 is 4.90 Å². The SMILES string of the molecule is CCCCCCCCN(CCCCCCCC)c1ccccc1O. The van der Waals surface area contributed by atoms with Gasteiger partial charge in [0.25, 0.3) is 0 Å². The van der Waals surface area contributed by atoms with Crippen molar-refractivity contribution in [1.82, 2.24) is 0 Å². The maximum Gasteiger partial charge on any atom is 0.138 e. The van der Waals surface area contributed by atoms with Gasteiger partial charge in [-0.05, 0) is 25.0 Å². The first-order chi connectivity index (χ1) is 11.8. The van der Waals surface area contributed by atoms with Gasteiger partial charge in [-0.1, -0.05) is 90.2 Å². The highest BCUT2D eigenvalue weighted by atomic mass is 16.3. The number of phenols is 1. The Morgan fingerprint density at radius 2 is 1.12 bits per heavy atom. The highest BCUT2D eigenvalue weighted by Crippen LogP contribution is 2.27. The van der Waals surface area contributed by atoms with E-state index in [0.717, 1.165) is 18.8 Å². The molecule has 0 aliphatic carbocycles. The summed E-state index contributed by atoms with van der Waals surface area (Å²) in [6.07, 6.45) is 15.8. The predicted molar refractivity (Wildman–Crippen MR) is 107 cm³/mol. The molecular weight excluding hydrogens is 294 g/mol. The van der Waals surface area contributed by atoms with Gasteiger partial charge in [0.15, 0.2) is 0 Å². The molecule has 0 saturated heterocycles. The highest BCUT2D eigenvalue weighted by Gasteiger charge is 2.10. The zero-order chi connectivity index (χ0) is 17.5. The monoisotopic (exact) mass is 333 g/mol. The van der Waals surface area contributed by atoms with Crippen LogP contribution in [0, 0.1) is 0 Å². The number of hydrogen-bond donors (Lipinski definition) is 1. The third kappa shape index (κ3) is 9.20. The van der Waals surface area contributed by atoms with E-state index in [9.17, 15) is 5.11 Å². The van der Waals surface area contributed by atoms with Crippen LogP contribution in [0.3, 0.4) is 0 Å². The first kappa shape index (κ1) is 20.9. The van der Waals surface area contributed by atoms with Crippen LogP contribution in [0.4, 0.5) is 5.69 Å². The van der Waals surface area contributed by atoms with Crippen LogP contribution in [0.1, 0.15) is 90.9 Å². The average molecular weight is 334 g/mol. The normalized spacial score (nSPS) is 10.9. The lowest BCUT2D eigenvalue weighted by Crippen LogP contribution is -2.25. The fourth-order valence-corrected chi connectivity index (χ4v) is 3.25. The second-order valence-electron chi connectivity index (χ2n) is 7.01. The van der Waals surface area contributed by atoms with E-state index in [0.29, 0.717) is 5.75 Å². The molecule has 0 heterocycles. The third-order valence-electron chi connectivity index (χ3n) is 4.79. The lowest BCUT2D eigenvalue weighted by atomic mass is 10.1. The third-order valence-corrected chi connectivity index (χ3v) is 4.79. The van der Waals surface area contributed by atoms with Gasteiger partial charge in [0.1, 0.15) is 5.75 Å². The molecule has 0 saturated carbocycles. The fraction of sp³-hybridized carbons (Fsp3) is 0.727. The minimum Gasteiger partial charge on any atom is -0.506 e. The van der Waals surface area contributed by atoms with E-state index in [4.69, 9.17) is 0 Å². The Balaban J connectivity index is 2.38. The second kappa shape index (κ2) is 14.2. The molecule has 0 aliphatic rings. The summed E-state index contributed by atoms with van der Waals surface area (Å²) in [5.41, 5.74) is 1.01. The molecule has 0 unspecified atom stereocenters. The summed E-state index contributed by atoms with van der Waals surface area (Å²) in [5, 5.41) is 10.2. The molecule has 1 N–H and O–H groups in total. The Labute approximate surface area is 150 Å². The lowest BCUT2D eigenvalue weighted by Gasteiger charge is -2.25. The summed E-state index contributed by atoms with van der Waals surface area (Å²) >= 11 is 0. The predicted octanol–water partition coefficient (Wildman–Crippen LogP) is 6.92. The lowest BCUT2D eigenvalue weighted by molar-refractivity contribution is 0.472. The van der Waals surface area contributed by atoms with Crippen LogP contribution in [-0.2, 0) is 0 Å². The number of unbranched alkanes of at least 4 members (excludes halogenated alkanes) is 10. The molecule has 0 aromatic heterocycles. The number of nitrogens with zero attached hydrogens (tertiary/aromatic N) is 1. The smallest absolute Gasteiger partial charge is 0.138 e. The summed E-state index contributed by atoms with van der Waals surface area (Å²) in [6, 6.07) is 7.81. The summed E-state index contributed by atoms with van der Waals surface area (Å²) < 4.78 is 0. The van der Waals surface area contributed by atoms with Crippen LogP contribution in [0.15, 0.2) is 24.3 Å². The summed E-state index contributed by atoms with van der Waals surface area (Å²) in [5.74, 6) is 0.425. The summed E-state index contributed by atoms with van der Waals surface area (Å²) in [7, 11) is 0. The number of hydrogen-bond acceptors (Lipinski definition) is 2. The van der Waals surface area contributed by atoms with Crippen LogP contribution in [0.2, 0.25) is 0 Å². The van der Waals surface area contributed by atoms with Crippen molar-refractivity contribution in [1.29, 1.82) is 0 Å². The van der Waals surface area contributed by atoms with Crippen molar-refractivity contribution in [2.45, 2.75) is 90.9 Å². The van der Waals surface area contributed by atoms with Crippen molar-refractivity contribution in [2.24, 2.45) is 0 Å². The van der Waals surface area contributed by atoms with Crippen molar-refractivity contribution >= 4 is 5.69 Å². The molecule has 0 spiro atoms. The standard InChI is InChI=1S/C22H39NO/c1-3-5-7-9-11-15-19-23(20-16-12-10-8-6-4-2)21-17-13-14-18-22(21)24/h13-14,17-18,24H,3-12,15-16,19-20H2,1-2H3. The molecule has 0 amide bonds. The zero-order valence-corrected chi connectivity index (χ0v) is 16.1. The zero-order valence-electron chi connectivity index (χ0n) is 16.1. The largest absolute Gasteiger partial charge is 0.506 e. The highest BCUT2D eigenvalue weighted by molar-refractivity contribution is 5.57. The van der Waals surface area contributed by atoms with Gasteiger partial charge in [0.2, 0.25) is 0 Å². The number of phenolic OH excluding ortho intramolecular Hbond substituents is 1. The maximum absolute atomic E-state index is 10.2. The van der Waals surface area contributed by atoms with Gasteiger partial charge in [-0.15, -0.1) is 0 Å². The van der Waals surface area contributed by atoms with E-state index in [-0.39, 0.29) is 0 Å². The van der Waals surface area contributed by atoms with Gasteiger partial charge in [0.05, 0.1) is 5.69 Å². The quantitative estimate of drug-likeness (QED) is 0.352. The average Bonchev–Trinajstić information content (AvgIpc) is 2.60. The van der Waals surface area contributed by atoms with E-state index in [1.807, 2.05) is 18.2 Å². The van der Waals surface area contributed by atoms with Gasteiger partial charge < -0.3 is 10.0 Å². The van der Waals surface area contributed by atoms with Crippen LogP contribution in [-0.4, -0.2) is 18.2 Å². The van der Waals surface area contributed by atoms with Crippen molar-refractivity contribution < 1.29 is 5.11 Å². The molecule has 2 heteroatoms.